The van der Waals surface area contributed by atoms with Crippen molar-refractivity contribution in [2.45, 2.75) is 25.8 Å². The molecule has 0 radical (unpaired) electrons. The summed E-state index contributed by atoms with van der Waals surface area (Å²) in [4.78, 5) is 10.7. The Labute approximate surface area is 101 Å². The first-order valence-corrected chi connectivity index (χ1v) is 5.83. The van der Waals surface area contributed by atoms with Crippen molar-refractivity contribution in [3.63, 3.8) is 0 Å². The molecule has 0 spiro atoms. The molecule has 0 fully saturated rings. The van der Waals surface area contributed by atoms with Gasteiger partial charge in [0.25, 0.3) is 0 Å². The molecule has 0 aliphatic carbocycles. The molecule has 2 heterocycles. The minimum Gasteiger partial charge on any atom is -0.491 e. The van der Waals surface area contributed by atoms with Crippen LogP contribution < -0.4 is 10.2 Å². The van der Waals surface area contributed by atoms with Gasteiger partial charge in [0.1, 0.15) is 12.4 Å². The van der Waals surface area contributed by atoms with E-state index in [-0.39, 0.29) is 20.1 Å². The normalized spacial score (nSPS) is 26.4. The molecule has 1 atom stereocenters. The van der Waals surface area contributed by atoms with E-state index in [2.05, 4.69) is 13.0 Å². The first-order chi connectivity index (χ1) is 8.13. The van der Waals surface area contributed by atoms with Gasteiger partial charge in [-0.25, -0.2) is 4.89 Å². The number of rotatable bonds is 1. The number of aryl methyl sites for hydroxylation is 1. The second kappa shape index (κ2) is 3.73. The third-order valence-electron chi connectivity index (χ3n) is 3.50. The Bertz CT molecular complexity index is 462. The number of benzene rings is 1. The van der Waals surface area contributed by atoms with Gasteiger partial charge in [-0.05, 0) is 42.8 Å². The minimum absolute atomic E-state index is 0.0638. The molecule has 3 rings (SSSR count). The van der Waals surface area contributed by atoms with Crippen LogP contribution in [-0.4, -0.2) is 30.8 Å². The summed E-state index contributed by atoms with van der Waals surface area (Å²) in [5, 5.41) is 9.28. The number of aliphatic hydroxyl groups is 1. The third-order valence-corrected chi connectivity index (χ3v) is 3.50. The van der Waals surface area contributed by atoms with Crippen molar-refractivity contribution in [1.29, 1.82) is 0 Å². The molecule has 90 valence electrons. The van der Waals surface area contributed by atoms with E-state index in [0.29, 0.717) is 0 Å². The molecule has 1 aromatic rings. The molecule has 1 N–H and O–H groups in total. The molecule has 0 saturated carbocycles. The van der Waals surface area contributed by atoms with E-state index in [4.69, 9.17) is 14.4 Å². The highest BCUT2D eigenvalue weighted by atomic mass is 17.2. The van der Waals surface area contributed by atoms with Gasteiger partial charge in [-0.1, -0.05) is 6.07 Å². The van der Waals surface area contributed by atoms with Gasteiger partial charge in [-0.15, -0.1) is 0 Å². The highest BCUT2D eigenvalue weighted by Crippen LogP contribution is 2.29. The summed E-state index contributed by atoms with van der Waals surface area (Å²) in [7, 11) is 0. The maximum absolute atomic E-state index is 9.28. The van der Waals surface area contributed by atoms with E-state index in [9.17, 15) is 5.11 Å². The van der Waals surface area contributed by atoms with Gasteiger partial charge >= 0.3 is 6.92 Å². The van der Waals surface area contributed by atoms with Crippen LogP contribution in [0.15, 0.2) is 12.1 Å². The van der Waals surface area contributed by atoms with Crippen LogP contribution in [0.4, 0.5) is 0 Å². The largest absolute Gasteiger partial charge is 0.491 e. The van der Waals surface area contributed by atoms with E-state index in [1.165, 1.54) is 11.1 Å². The van der Waals surface area contributed by atoms with Crippen LogP contribution in [0.5, 0.6) is 5.75 Å². The molecule has 0 amide bonds. The fraction of sp³-hybridized carbons (Fsp3) is 0.500. The molecule has 4 nitrogen and oxygen atoms in total. The van der Waals surface area contributed by atoms with Crippen molar-refractivity contribution < 1.29 is 19.5 Å². The zero-order chi connectivity index (χ0) is 12.0. The lowest BCUT2D eigenvalue weighted by Gasteiger charge is -2.37. The summed E-state index contributed by atoms with van der Waals surface area (Å²) in [5.74, 6) is 0.852. The van der Waals surface area contributed by atoms with Gasteiger partial charge in [0.15, 0.2) is 5.60 Å². The molecule has 0 aromatic heterocycles. The van der Waals surface area contributed by atoms with Crippen LogP contribution in [0.2, 0.25) is 0 Å². The predicted octanol–water partition coefficient (Wildman–Crippen LogP) is 0.380. The number of hydrogen-bond donors (Lipinski definition) is 1. The summed E-state index contributed by atoms with van der Waals surface area (Å²) in [5.41, 5.74) is 2.87. The molecule has 1 unspecified atom stereocenters. The summed E-state index contributed by atoms with van der Waals surface area (Å²) >= 11 is 0. The zero-order valence-corrected chi connectivity index (χ0v) is 10.0. The Morgan fingerprint density at radius 1 is 1.47 bits per heavy atom. The van der Waals surface area contributed by atoms with E-state index in [1.54, 1.807) is 6.92 Å². The lowest BCUT2D eigenvalue weighted by atomic mass is 9.44. The summed E-state index contributed by atoms with van der Waals surface area (Å²) in [6.45, 7) is 3.94. The molecule has 1 aromatic carbocycles. The van der Waals surface area contributed by atoms with Crippen LogP contribution in [0.3, 0.4) is 0 Å². The Balaban J connectivity index is 1.96. The Morgan fingerprint density at radius 3 is 3.06 bits per heavy atom. The predicted molar refractivity (Wildman–Crippen MR) is 63.4 cm³/mol. The number of hydrogen-bond acceptors (Lipinski definition) is 4. The maximum Gasteiger partial charge on any atom is 0.381 e. The Hall–Kier alpha value is -1.04. The van der Waals surface area contributed by atoms with Crippen LogP contribution in [0.1, 0.15) is 18.1 Å². The smallest absolute Gasteiger partial charge is 0.381 e. The van der Waals surface area contributed by atoms with E-state index >= 15 is 0 Å². The van der Waals surface area contributed by atoms with E-state index in [0.717, 1.165) is 17.5 Å². The van der Waals surface area contributed by atoms with Crippen molar-refractivity contribution >= 4 is 12.4 Å². The minimum atomic E-state index is -0.793. The quantitative estimate of drug-likeness (QED) is 0.563. The van der Waals surface area contributed by atoms with Gasteiger partial charge in [0, 0.05) is 0 Å². The van der Waals surface area contributed by atoms with E-state index < -0.39 is 5.60 Å². The van der Waals surface area contributed by atoms with Crippen molar-refractivity contribution in [3.05, 3.63) is 23.3 Å². The average Bonchev–Trinajstić information content (AvgIpc) is 2.28. The van der Waals surface area contributed by atoms with Gasteiger partial charge in [-0.3, -0.25) is 4.81 Å². The first kappa shape index (κ1) is 11.1. The van der Waals surface area contributed by atoms with Crippen LogP contribution >= 0.6 is 0 Å². The van der Waals surface area contributed by atoms with Crippen LogP contribution in [-0.2, 0) is 16.0 Å². The molecular weight excluding hydrogens is 219 g/mol. The number of ether oxygens (including phenoxy) is 1. The zero-order valence-electron chi connectivity index (χ0n) is 10.0. The van der Waals surface area contributed by atoms with Crippen molar-refractivity contribution in [1.82, 2.24) is 0 Å². The van der Waals surface area contributed by atoms with Gasteiger partial charge in [0.05, 0.1) is 6.61 Å². The highest BCUT2D eigenvalue weighted by Gasteiger charge is 2.42. The van der Waals surface area contributed by atoms with Gasteiger partial charge in [0.2, 0.25) is 0 Å². The van der Waals surface area contributed by atoms with Crippen molar-refractivity contribution in [3.8, 4) is 5.75 Å². The number of aliphatic hydroxyl groups excluding tert-OH is 1. The topological polar surface area (TPSA) is 47.9 Å². The fourth-order valence-electron chi connectivity index (χ4n) is 2.24. The molecule has 5 heteroatoms. The molecular formula is C12H15BO4. The summed E-state index contributed by atoms with van der Waals surface area (Å²) in [6.07, 6.45) is 0.847. The summed E-state index contributed by atoms with van der Waals surface area (Å²) in [6, 6.07) is 4.02. The van der Waals surface area contributed by atoms with Crippen molar-refractivity contribution in [2.24, 2.45) is 0 Å². The van der Waals surface area contributed by atoms with Crippen molar-refractivity contribution in [2.75, 3.05) is 13.2 Å². The Morgan fingerprint density at radius 2 is 2.29 bits per heavy atom. The molecule has 0 bridgehead atoms. The standard InChI is InChI=1S/C12H15BO4/c1-8-3-4-10-11-9(8)5-13(11)17-16-12(2,6-14)7-15-10/h3-4,14H,5-7H2,1-2H3. The lowest BCUT2D eigenvalue weighted by molar-refractivity contribution is -0.308. The van der Waals surface area contributed by atoms with Crippen LogP contribution in [0, 0.1) is 6.92 Å². The monoisotopic (exact) mass is 234 g/mol. The van der Waals surface area contributed by atoms with Crippen LogP contribution in [0.25, 0.3) is 0 Å². The average molecular weight is 234 g/mol. The van der Waals surface area contributed by atoms with Gasteiger partial charge < -0.3 is 9.84 Å². The second-order valence-electron chi connectivity index (χ2n) is 5.04. The lowest BCUT2D eigenvalue weighted by Crippen LogP contribution is -2.55. The maximum atomic E-state index is 9.28. The van der Waals surface area contributed by atoms with E-state index in [1.807, 2.05) is 6.07 Å². The molecule has 2 aliphatic heterocycles. The first-order valence-electron chi connectivity index (χ1n) is 5.83. The molecule has 17 heavy (non-hydrogen) atoms. The Kier molecular flexibility index (Phi) is 2.43. The summed E-state index contributed by atoms with van der Waals surface area (Å²) < 4.78 is 5.74. The second-order valence-corrected chi connectivity index (χ2v) is 5.04. The molecule has 0 saturated heterocycles. The highest BCUT2D eigenvalue weighted by molar-refractivity contribution is 6.73. The SMILES string of the molecule is Cc1ccc2c3c1CB3OOC(C)(CO)CO2. The third kappa shape index (κ3) is 1.66. The fourth-order valence-corrected chi connectivity index (χ4v) is 2.24. The molecule has 2 aliphatic rings. The van der Waals surface area contributed by atoms with Gasteiger partial charge in [-0.2, -0.15) is 0 Å².